The van der Waals surface area contributed by atoms with Gasteiger partial charge < -0.3 is 13.9 Å². The third-order valence-electron chi connectivity index (χ3n) is 9.85. The highest BCUT2D eigenvalue weighted by molar-refractivity contribution is 6.77. The molecule has 46 heavy (non-hydrogen) atoms. The maximum atomic E-state index is 13.8. The molecule has 1 heterocycles. The fourth-order valence-electron chi connectivity index (χ4n) is 7.19. The van der Waals surface area contributed by atoms with Crippen molar-refractivity contribution >= 4 is 14.1 Å². The molecule has 0 radical (unpaired) electrons. The predicted molar refractivity (Wildman–Crippen MR) is 202 cm³/mol. The third kappa shape index (κ3) is 13.2. The number of ether oxygens (including phenoxy) is 2. The van der Waals surface area contributed by atoms with Gasteiger partial charge in [0.25, 0.3) is 0 Å². The van der Waals surface area contributed by atoms with Gasteiger partial charge in [-0.2, -0.15) is 0 Å². The molecule has 264 valence electrons. The Morgan fingerprint density at radius 1 is 0.913 bits per heavy atom. The lowest BCUT2D eigenvalue weighted by atomic mass is 9.84. The maximum Gasteiger partial charge on any atom is 0.200 e. The van der Waals surface area contributed by atoms with Crippen LogP contribution in [-0.4, -0.2) is 38.7 Å². The van der Waals surface area contributed by atoms with Crippen LogP contribution in [0, 0.1) is 23.7 Å². The van der Waals surface area contributed by atoms with E-state index in [9.17, 15) is 4.79 Å². The summed E-state index contributed by atoms with van der Waals surface area (Å²) in [6.07, 6.45) is 21.1. The second kappa shape index (κ2) is 20.7. The minimum atomic E-state index is -2.11. The van der Waals surface area contributed by atoms with Crippen LogP contribution in [0.5, 0.6) is 0 Å². The van der Waals surface area contributed by atoms with E-state index in [-0.39, 0.29) is 42.2 Å². The summed E-state index contributed by atoms with van der Waals surface area (Å²) in [5.74, 6) is 0.731. The van der Waals surface area contributed by atoms with Crippen LogP contribution in [0.25, 0.3) is 0 Å². The molecule has 7 atom stereocenters. The van der Waals surface area contributed by atoms with E-state index < -0.39 is 8.32 Å². The first-order valence-electron chi connectivity index (χ1n) is 18.4. The van der Waals surface area contributed by atoms with Crippen molar-refractivity contribution in [1.82, 2.24) is 0 Å². The molecule has 1 aliphatic rings. The molecule has 0 saturated carbocycles. The minimum Gasteiger partial charge on any atom is -0.412 e. The Balaban J connectivity index is 2.91. The van der Waals surface area contributed by atoms with Gasteiger partial charge in [0.2, 0.25) is 8.32 Å². The van der Waals surface area contributed by atoms with Crippen molar-refractivity contribution in [2.24, 2.45) is 23.7 Å². The Hall–Kier alpha value is -1.53. The number of hydrogen-bond acceptors (Lipinski definition) is 4. The van der Waals surface area contributed by atoms with Gasteiger partial charge in [0.05, 0.1) is 18.3 Å². The molecule has 0 fully saturated rings. The highest BCUT2D eigenvalue weighted by atomic mass is 28.4. The number of ketones is 1. The summed E-state index contributed by atoms with van der Waals surface area (Å²) >= 11 is 0. The van der Waals surface area contributed by atoms with Gasteiger partial charge in [-0.05, 0) is 74.6 Å². The quantitative estimate of drug-likeness (QED) is 0.0743. The number of hydrogen-bond donors (Lipinski definition) is 0. The van der Waals surface area contributed by atoms with Crippen LogP contribution in [0.15, 0.2) is 59.8 Å². The lowest BCUT2D eigenvalue weighted by molar-refractivity contribution is -0.154. The third-order valence-corrected chi connectivity index (χ3v) is 15.9. The Kier molecular flexibility index (Phi) is 19.2. The van der Waals surface area contributed by atoms with Crippen LogP contribution >= 0.6 is 0 Å². The zero-order chi connectivity index (χ0) is 35.2. The summed E-state index contributed by atoms with van der Waals surface area (Å²) in [5.41, 5.74) is 3.94. The first-order valence-corrected chi connectivity index (χ1v) is 20.6. The molecule has 5 heteroatoms. The smallest absolute Gasteiger partial charge is 0.200 e. The molecule has 4 nitrogen and oxygen atoms in total. The number of allylic oxidation sites excluding steroid dienone is 7. The van der Waals surface area contributed by atoms with E-state index in [0.29, 0.717) is 28.5 Å². The number of carbonyl (C=O) groups excluding carboxylic acids is 1. The molecular weight excluding hydrogens is 585 g/mol. The molecule has 0 aromatic rings. The van der Waals surface area contributed by atoms with Crippen LogP contribution in [0.3, 0.4) is 0 Å². The molecule has 0 amide bonds. The molecule has 0 spiro atoms. The van der Waals surface area contributed by atoms with Gasteiger partial charge in [0.15, 0.2) is 6.29 Å². The van der Waals surface area contributed by atoms with E-state index in [1.54, 1.807) is 0 Å². The van der Waals surface area contributed by atoms with E-state index in [1.807, 2.05) is 19.9 Å². The summed E-state index contributed by atoms with van der Waals surface area (Å²) < 4.78 is 19.1. The number of carbonyl (C=O) groups is 1. The summed E-state index contributed by atoms with van der Waals surface area (Å²) in [5, 5.41) is 0. The summed E-state index contributed by atoms with van der Waals surface area (Å²) in [4.78, 5) is 13.8. The van der Waals surface area contributed by atoms with Gasteiger partial charge in [-0.1, -0.05) is 143 Å². The Morgan fingerprint density at radius 2 is 1.52 bits per heavy atom. The normalized spacial score (nSPS) is 22.1. The van der Waals surface area contributed by atoms with E-state index in [4.69, 9.17) is 13.9 Å². The lowest BCUT2D eigenvalue weighted by Gasteiger charge is -2.47. The average molecular weight is 657 g/mol. The van der Waals surface area contributed by atoms with Crippen LogP contribution in [0.2, 0.25) is 16.6 Å². The molecule has 0 aliphatic carbocycles. The largest absolute Gasteiger partial charge is 0.412 e. The fraction of sp³-hybridized carbons (Fsp3) is 0.732. The molecular formula is C41H72O4Si. The molecule has 0 bridgehead atoms. The maximum absolute atomic E-state index is 13.8. The standard InChI is InChI=1S/C41H72O4Si/c1-16-34(13)41(45-46(29(5)6,30(7)8)31(9)10)36(15)40(42)35(14)26-32(11)20-18-21-33(12)27-37(17-2)24-25-38-22-19-23-39(44-38)43-28(3)4/h18-20,23-31,33-36,38-39,41H,16-17,21-22H2,1-15H3/b20-18+,25-24+,32-26+,37-27-/t33-,34+,35-,36-,38-,39-,41-/m1/s1. The topological polar surface area (TPSA) is 44.8 Å². The molecule has 1 rings (SSSR count). The molecule has 0 aromatic carbocycles. The van der Waals surface area contributed by atoms with Crippen LogP contribution in [0.4, 0.5) is 0 Å². The Morgan fingerprint density at radius 3 is 2.04 bits per heavy atom. The SMILES string of the molecule is CCC(=C/[C@H](C)C/C=C/C(C)=C/[C@@H](C)C(=O)[C@@H](C)[C@H](O[Si](C(C)C)(C(C)C)C(C)C)[C@@H](C)CC)/C=C/[C@H]1CC=C[C@H](OC(C)C)O1. The van der Waals surface area contributed by atoms with Crippen molar-refractivity contribution in [3.05, 3.63) is 59.8 Å². The zero-order valence-corrected chi connectivity index (χ0v) is 33.4. The molecule has 1 aliphatic heterocycles. The second-order valence-electron chi connectivity index (χ2n) is 15.1. The summed E-state index contributed by atoms with van der Waals surface area (Å²) in [6.45, 7) is 33.2. The first kappa shape index (κ1) is 42.5. The average Bonchev–Trinajstić information content (AvgIpc) is 2.97. The Labute approximate surface area is 286 Å². The van der Waals surface area contributed by atoms with Gasteiger partial charge in [-0.3, -0.25) is 4.79 Å². The van der Waals surface area contributed by atoms with Crippen LogP contribution in [0.1, 0.15) is 130 Å². The van der Waals surface area contributed by atoms with Crippen molar-refractivity contribution in [2.75, 3.05) is 0 Å². The minimum absolute atomic E-state index is 0.0383. The van der Waals surface area contributed by atoms with Crippen LogP contribution < -0.4 is 0 Å². The van der Waals surface area contributed by atoms with E-state index in [2.05, 4.69) is 133 Å². The summed E-state index contributed by atoms with van der Waals surface area (Å²) in [7, 11) is -2.11. The second-order valence-corrected chi connectivity index (χ2v) is 20.5. The summed E-state index contributed by atoms with van der Waals surface area (Å²) in [6, 6.07) is 0. The molecule has 0 aromatic heterocycles. The number of rotatable bonds is 20. The highest BCUT2D eigenvalue weighted by Gasteiger charge is 2.48. The molecule has 0 N–H and O–H groups in total. The van der Waals surface area contributed by atoms with Crippen molar-refractivity contribution in [2.45, 2.75) is 171 Å². The fourth-order valence-corrected chi connectivity index (χ4v) is 12.9. The van der Waals surface area contributed by atoms with Gasteiger partial charge in [0, 0.05) is 11.8 Å². The molecule has 0 unspecified atom stereocenters. The zero-order valence-electron chi connectivity index (χ0n) is 32.4. The monoisotopic (exact) mass is 657 g/mol. The first-order chi connectivity index (χ1) is 21.5. The highest BCUT2D eigenvalue weighted by Crippen LogP contribution is 2.45. The van der Waals surface area contributed by atoms with Gasteiger partial charge in [0.1, 0.15) is 5.78 Å². The predicted octanol–water partition coefficient (Wildman–Crippen LogP) is 12.0. The van der Waals surface area contributed by atoms with Gasteiger partial charge >= 0.3 is 0 Å². The lowest BCUT2D eigenvalue weighted by Crippen LogP contribution is -2.53. The molecule has 0 saturated heterocycles. The van der Waals surface area contributed by atoms with Crippen LogP contribution in [-0.2, 0) is 18.7 Å². The van der Waals surface area contributed by atoms with Crippen molar-refractivity contribution in [1.29, 1.82) is 0 Å². The Bertz CT molecular complexity index is 1020. The van der Waals surface area contributed by atoms with E-state index in [1.165, 1.54) is 5.57 Å². The van der Waals surface area contributed by atoms with Gasteiger partial charge in [-0.15, -0.1) is 0 Å². The van der Waals surface area contributed by atoms with Crippen molar-refractivity contribution < 1.29 is 18.7 Å². The number of Topliss-reactive ketones (excluding diaryl/α,β-unsaturated/α-hetero) is 1. The van der Waals surface area contributed by atoms with Crippen molar-refractivity contribution in [3.8, 4) is 0 Å². The van der Waals surface area contributed by atoms with E-state index >= 15 is 0 Å². The van der Waals surface area contributed by atoms with Crippen molar-refractivity contribution in [3.63, 3.8) is 0 Å². The van der Waals surface area contributed by atoms with E-state index in [0.717, 1.165) is 31.3 Å². The van der Waals surface area contributed by atoms with Gasteiger partial charge in [-0.25, -0.2) is 0 Å².